The molecule has 0 radical (unpaired) electrons. The van der Waals surface area contributed by atoms with Crippen LogP contribution >= 0.6 is 11.8 Å². The molecule has 1 N–H and O–H groups in total. The number of carbonyl (C=O) groups excluding carboxylic acids is 1. The maximum atomic E-state index is 14.0. The van der Waals surface area contributed by atoms with Crippen LogP contribution in [0.25, 0.3) is 0 Å². The quantitative estimate of drug-likeness (QED) is 0.490. The molecule has 5 nitrogen and oxygen atoms in total. The van der Waals surface area contributed by atoms with Crippen molar-refractivity contribution in [2.24, 2.45) is 0 Å². The fourth-order valence-corrected chi connectivity index (χ4v) is 3.59. The van der Waals surface area contributed by atoms with Gasteiger partial charge in [-0.15, -0.1) is 0 Å². The van der Waals surface area contributed by atoms with Crippen molar-refractivity contribution in [3.63, 3.8) is 0 Å². The summed E-state index contributed by atoms with van der Waals surface area (Å²) in [6.45, 7) is 1.71. The van der Waals surface area contributed by atoms with Crippen LogP contribution in [-0.4, -0.2) is 22.2 Å². The molecular formula is C18H18F2N2O3S. The standard InChI is InChI=1S/C18H18F2N2O3S/c1-9-10(17(24)22-18(21-9)26-2)4-8-15(23)25-14-7-3-11-12(19)5-6-13(20)16(11)14/h5-6,14H,3-4,7-8H2,1-2H3,(H,21,22,24). The summed E-state index contributed by atoms with van der Waals surface area (Å²) in [6, 6.07) is 2.13. The van der Waals surface area contributed by atoms with E-state index in [2.05, 4.69) is 9.97 Å². The first kappa shape index (κ1) is 18.6. The summed E-state index contributed by atoms with van der Waals surface area (Å²) >= 11 is 1.32. The molecule has 1 aliphatic rings. The molecule has 0 spiro atoms. The minimum Gasteiger partial charge on any atom is -0.457 e. The number of aryl methyl sites for hydroxylation is 1. The second-order valence-electron chi connectivity index (χ2n) is 6.08. The number of nitrogens with zero attached hydrogens (tertiary/aromatic N) is 1. The number of thioether (sulfide) groups is 1. The highest BCUT2D eigenvalue weighted by Crippen LogP contribution is 2.37. The Balaban J connectivity index is 1.67. The van der Waals surface area contributed by atoms with Crippen molar-refractivity contribution in [3.05, 3.63) is 56.5 Å². The summed E-state index contributed by atoms with van der Waals surface area (Å²) < 4.78 is 33.1. The molecule has 3 rings (SSSR count). The molecule has 2 aromatic rings. The van der Waals surface area contributed by atoms with Gasteiger partial charge in [-0.3, -0.25) is 9.59 Å². The Kier molecular flexibility index (Phi) is 5.41. The van der Waals surface area contributed by atoms with Crippen molar-refractivity contribution in [2.75, 3.05) is 6.26 Å². The fraction of sp³-hybridized carbons (Fsp3) is 0.389. The van der Waals surface area contributed by atoms with Gasteiger partial charge in [-0.05, 0) is 50.1 Å². The third-order valence-corrected chi connectivity index (χ3v) is 5.05. The SMILES string of the molecule is CSc1nc(C)c(CCC(=O)OC2CCc3c(F)ccc(F)c32)c(=O)[nH]1. The predicted octanol–water partition coefficient (Wildman–Crippen LogP) is 3.24. The van der Waals surface area contributed by atoms with Crippen LogP contribution in [0.5, 0.6) is 0 Å². The Bertz CT molecular complexity index is 914. The van der Waals surface area contributed by atoms with Crippen LogP contribution in [0.4, 0.5) is 8.78 Å². The first-order valence-electron chi connectivity index (χ1n) is 8.20. The number of esters is 1. The van der Waals surface area contributed by atoms with Crippen molar-refractivity contribution in [1.82, 2.24) is 9.97 Å². The lowest BCUT2D eigenvalue weighted by atomic mass is 10.1. The summed E-state index contributed by atoms with van der Waals surface area (Å²) in [5.74, 6) is -1.61. The third-order valence-electron chi connectivity index (χ3n) is 4.47. The zero-order chi connectivity index (χ0) is 18.8. The number of ether oxygens (including phenoxy) is 1. The second kappa shape index (κ2) is 7.57. The molecule has 138 valence electrons. The van der Waals surface area contributed by atoms with E-state index in [-0.39, 0.29) is 29.5 Å². The number of halogens is 2. The van der Waals surface area contributed by atoms with Gasteiger partial charge in [0.2, 0.25) is 0 Å². The lowest BCUT2D eigenvalue weighted by Gasteiger charge is -2.14. The highest BCUT2D eigenvalue weighted by atomic mass is 32.2. The lowest BCUT2D eigenvalue weighted by molar-refractivity contribution is -0.149. The van der Waals surface area contributed by atoms with Gasteiger partial charge in [0, 0.05) is 23.2 Å². The number of fused-ring (bicyclic) bond motifs is 1. The van der Waals surface area contributed by atoms with E-state index in [1.165, 1.54) is 11.8 Å². The molecule has 0 fully saturated rings. The molecular weight excluding hydrogens is 362 g/mol. The van der Waals surface area contributed by atoms with E-state index in [0.717, 1.165) is 12.1 Å². The number of benzene rings is 1. The summed E-state index contributed by atoms with van der Waals surface area (Å²) in [5.41, 5.74) is 1.09. The van der Waals surface area contributed by atoms with Crippen molar-refractivity contribution in [1.29, 1.82) is 0 Å². The zero-order valence-electron chi connectivity index (χ0n) is 14.4. The number of carbonyl (C=O) groups is 1. The number of hydrogen-bond acceptors (Lipinski definition) is 5. The van der Waals surface area contributed by atoms with E-state index in [9.17, 15) is 18.4 Å². The molecule has 1 unspecified atom stereocenters. The molecule has 0 saturated carbocycles. The van der Waals surface area contributed by atoms with E-state index < -0.39 is 23.7 Å². The highest BCUT2D eigenvalue weighted by molar-refractivity contribution is 7.98. The maximum absolute atomic E-state index is 14.0. The van der Waals surface area contributed by atoms with Crippen LogP contribution in [0.3, 0.4) is 0 Å². The highest BCUT2D eigenvalue weighted by Gasteiger charge is 2.31. The molecule has 1 aromatic carbocycles. The first-order chi connectivity index (χ1) is 12.4. The van der Waals surface area contributed by atoms with E-state index in [0.29, 0.717) is 29.3 Å². The van der Waals surface area contributed by atoms with Crippen LogP contribution in [0, 0.1) is 18.6 Å². The second-order valence-corrected chi connectivity index (χ2v) is 6.87. The fourth-order valence-electron chi connectivity index (χ4n) is 3.17. The summed E-state index contributed by atoms with van der Waals surface area (Å²) in [7, 11) is 0. The topological polar surface area (TPSA) is 72.0 Å². The Hall–Kier alpha value is -2.22. The largest absolute Gasteiger partial charge is 0.457 e. The molecule has 26 heavy (non-hydrogen) atoms. The number of nitrogens with one attached hydrogen (secondary N) is 1. The maximum Gasteiger partial charge on any atom is 0.306 e. The van der Waals surface area contributed by atoms with E-state index in [4.69, 9.17) is 4.74 Å². The van der Waals surface area contributed by atoms with Gasteiger partial charge in [-0.1, -0.05) is 11.8 Å². The number of H-pyrrole nitrogens is 1. The number of hydrogen-bond donors (Lipinski definition) is 1. The molecule has 0 amide bonds. The minimum absolute atomic E-state index is 0.0347. The van der Waals surface area contributed by atoms with Gasteiger partial charge < -0.3 is 9.72 Å². The van der Waals surface area contributed by atoms with Gasteiger partial charge in [-0.25, -0.2) is 13.8 Å². The molecule has 1 atom stereocenters. The number of rotatable bonds is 5. The molecule has 0 saturated heterocycles. The Morgan fingerprint density at radius 2 is 2.12 bits per heavy atom. The zero-order valence-corrected chi connectivity index (χ0v) is 15.2. The number of aromatic nitrogens is 2. The minimum atomic E-state index is -0.787. The van der Waals surface area contributed by atoms with E-state index in [1.807, 2.05) is 0 Å². The van der Waals surface area contributed by atoms with Crippen LogP contribution < -0.4 is 5.56 Å². The molecule has 1 aromatic heterocycles. The van der Waals surface area contributed by atoms with Crippen molar-refractivity contribution < 1.29 is 18.3 Å². The molecule has 1 heterocycles. The first-order valence-corrected chi connectivity index (χ1v) is 9.43. The predicted molar refractivity (Wildman–Crippen MR) is 93.2 cm³/mol. The van der Waals surface area contributed by atoms with Gasteiger partial charge >= 0.3 is 5.97 Å². The van der Waals surface area contributed by atoms with Gasteiger partial charge in [-0.2, -0.15) is 0 Å². The van der Waals surface area contributed by atoms with Crippen molar-refractivity contribution >= 4 is 17.7 Å². The van der Waals surface area contributed by atoms with E-state index >= 15 is 0 Å². The van der Waals surface area contributed by atoms with Crippen LogP contribution in [-0.2, 0) is 22.4 Å². The lowest BCUT2D eigenvalue weighted by Crippen LogP contribution is -2.19. The molecule has 8 heteroatoms. The third kappa shape index (κ3) is 3.65. The van der Waals surface area contributed by atoms with Crippen LogP contribution in [0.1, 0.15) is 41.3 Å². The summed E-state index contributed by atoms with van der Waals surface area (Å²) in [6.07, 6.45) is 1.83. The Labute approximate surface area is 153 Å². The van der Waals surface area contributed by atoms with Gasteiger partial charge in [0.25, 0.3) is 5.56 Å². The van der Waals surface area contributed by atoms with E-state index in [1.54, 1.807) is 13.2 Å². The Morgan fingerprint density at radius 3 is 2.81 bits per heavy atom. The monoisotopic (exact) mass is 380 g/mol. The summed E-state index contributed by atoms with van der Waals surface area (Å²) in [5, 5.41) is 0.513. The molecule has 1 aliphatic carbocycles. The average molecular weight is 380 g/mol. The van der Waals surface area contributed by atoms with Gasteiger partial charge in [0.15, 0.2) is 5.16 Å². The van der Waals surface area contributed by atoms with Crippen LogP contribution in [0.15, 0.2) is 22.1 Å². The van der Waals surface area contributed by atoms with Crippen molar-refractivity contribution in [2.45, 2.75) is 43.9 Å². The molecule has 0 aliphatic heterocycles. The Morgan fingerprint density at radius 1 is 1.38 bits per heavy atom. The summed E-state index contributed by atoms with van der Waals surface area (Å²) in [4.78, 5) is 31.1. The average Bonchev–Trinajstić information content (AvgIpc) is 3.02. The van der Waals surface area contributed by atoms with Crippen LogP contribution in [0.2, 0.25) is 0 Å². The molecule has 0 bridgehead atoms. The smallest absolute Gasteiger partial charge is 0.306 e. The van der Waals surface area contributed by atoms with Crippen molar-refractivity contribution in [3.8, 4) is 0 Å². The van der Waals surface area contributed by atoms with Gasteiger partial charge in [0.1, 0.15) is 17.7 Å². The van der Waals surface area contributed by atoms with Gasteiger partial charge in [0.05, 0.1) is 0 Å². The normalized spacial score (nSPS) is 15.8. The number of aromatic amines is 1.